The lowest BCUT2D eigenvalue weighted by Gasteiger charge is -2.39. The van der Waals surface area contributed by atoms with Gasteiger partial charge in [0.2, 0.25) is 11.8 Å². The van der Waals surface area contributed by atoms with Crippen molar-refractivity contribution in [2.75, 3.05) is 26.9 Å². The maximum Gasteiger partial charge on any atom is 0.407 e. The number of nitrogens with zero attached hydrogens (tertiary/aromatic N) is 4. The molecule has 5 N–H and O–H groups in total. The molecule has 3 aliphatic heterocycles. The van der Waals surface area contributed by atoms with Crippen LogP contribution in [-0.2, 0) is 19.1 Å². The molecule has 2 bridgehead atoms. The van der Waals surface area contributed by atoms with Gasteiger partial charge in [0.15, 0.2) is 0 Å². The summed E-state index contributed by atoms with van der Waals surface area (Å²) < 4.78 is 10.5. The smallest absolute Gasteiger partial charge is 0.407 e. The first-order chi connectivity index (χ1) is 29.1. The number of amides is 4. The van der Waals surface area contributed by atoms with Crippen LogP contribution in [0.15, 0.2) is 60.8 Å². The molecule has 60 heavy (non-hydrogen) atoms. The van der Waals surface area contributed by atoms with Crippen molar-refractivity contribution >= 4 is 45.8 Å². The van der Waals surface area contributed by atoms with E-state index >= 15 is 0 Å². The molecule has 0 unspecified atom stereocenters. The highest BCUT2D eigenvalue weighted by molar-refractivity contribution is 6.05. The van der Waals surface area contributed by atoms with Crippen LogP contribution in [0.25, 0.3) is 44.2 Å². The second-order valence-corrected chi connectivity index (χ2v) is 17.1. The predicted octanol–water partition coefficient (Wildman–Crippen LogP) is 6.93. The number of aromatic amines is 2. The number of aromatic nitrogens is 4. The van der Waals surface area contributed by atoms with Gasteiger partial charge in [-0.3, -0.25) is 9.59 Å². The lowest BCUT2D eigenvalue weighted by molar-refractivity contribution is -0.140. The number of H-pyrrole nitrogens is 2. The molecule has 1 saturated carbocycles. The van der Waals surface area contributed by atoms with Crippen LogP contribution in [0.5, 0.6) is 0 Å². The van der Waals surface area contributed by atoms with E-state index in [4.69, 9.17) is 19.4 Å². The van der Waals surface area contributed by atoms with Gasteiger partial charge in [-0.2, -0.15) is 0 Å². The number of rotatable bonds is 10. The number of carbonyl (C=O) groups excluding carboxylic acids is 3. The molecular weight excluding hydrogens is 765 g/mol. The molecule has 5 heterocycles. The van der Waals surface area contributed by atoms with E-state index in [1.165, 1.54) is 7.11 Å². The van der Waals surface area contributed by atoms with E-state index < -0.39 is 24.3 Å². The molecule has 2 aromatic heterocycles. The number of ether oxygens (including phenoxy) is 2. The quantitative estimate of drug-likeness (QED) is 0.0993. The van der Waals surface area contributed by atoms with Gasteiger partial charge in [0.25, 0.3) is 0 Å². The summed E-state index contributed by atoms with van der Waals surface area (Å²) in [6, 6.07) is 16.9. The Kier molecular flexibility index (Phi) is 10.7. The Hall–Kier alpha value is -5.96. The van der Waals surface area contributed by atoms with Crippen LogP contribution in [0.4, 0.5) is 9.59 Å². The van der Waals surface area contributed by atoms with Gasteiger partial charge in [0.1, 0.15) is 23.7 Å². The van der Waals surface area contributed by atoms with E-state index in [0.717, 1.165) is 82.1 Å². The van der Waals surface area contributed by atoms with Crippen molar-refractivity contribution in [3.8, 4) is 22.4 Å². The van der Waals surface area contributed by atoms with Crippen molar-refractivity contribution in [3.63, 3.8) is 0 Å². The Bertz CT molecular complexity index is 2420. The number of piperidine rings is 1. The number of carboxylic acid groups (broad SMARTS) is 1. The van der Waals surface area contributed by atoms with E-state index in [1.54, 1.807) is 4.90 Å². The maximum absolute atomic E-state index is 14.4. The largest absolute Gasteiger partial charge is 0.465 e. The molecule has 4 fully saturated rings. The van der Waals surface area contributed by atoms with E-state index in [-0.39, 0.29) is 41.8 Å². The second kappa shape index (κ2) is 16.2. The summed E-state index contributed by atoms with van der Waals surface area (Å²) in [5.74, 6) is 1.24. The molecule has 4 amide bonds. The van der Waals surface area contributed by atoms with Crippen molar-refractivity contribution in [2.24, 2.45) is 17.8 Å². The summed E-state index contributed by atoms with van der Waals surface area (Å²) in [5, 5.41) is 16.7. The molecule has 5 aromatic rings. The minimum absolute atomic E-state index is 0.0287. The van der Waals surface area contributed by atoms with Crippen LogP contribution < -0.4 is 10.6 Å². The molecule has 1 aliphatic carbocycles. The number of imidazole rings is 2. The zero-order valence-corrected chi connectivity index (χ0v) is 34.1. The van der Waals surface area contributed by atoms with Crippen molar-refractivity contribution < 1.29 is 33.8 Å². The molecule has 3 aromatic carbocycles. The number of methoxy groups -OCH3 is 1. The number of alkyl carbamates (subject to hydrolysis) is 1. The van der Waals surface area contributed by atoms with Gasteiger partial charge in [0.05, 0.1) is 42.1 Å². The number of likely N-dealkylation sites (tertiary alicyclic amines) is 2. The summed E-state index contributed by atoms with van der Waals surface area (Å²) in [6.45, 7) is 5.35. The lowest BCUT2D eigenvalue weighted by atomic mass is 9.89. The zero-order valence-electron chi connectivity index (χ0n) is 34.1. The van der Waals surface area contributed by atoms with Gasteiger partial charge >= 0.3 is 12.2 Å². The maximum atomic E-state index is 14.4. The Morgan fingerprint density at radius 2 is 1.65 bits per heavy atom. The minimum Gasteiger partial charge on any atom is -0.465 e. The molecule has 314 valence electrons. The van der Waals surface area contributed by atoms with Gasteiger partial charge in [-0.05, 0) is 96.9 Å². The normalized spacial score (nSPS) is 22.7. The van der Waals surface area contributed by atoms with E-state index in [1.807, 2.05) is 31.0 Å². The Morgan fingerprint density at radius 1 is 0.883 bits per heavy atom. The number of fused-ring (bicyclic) bond motifs is 5. The Labute approximate surface area is 347 Å². The van der Waals surface area contributed by atoms with E-state index in [0.29, 0.717) is 44.3 Å². The third-order valence-corrected chi connectivity index (χ3v) is 13.3. The fraction of sp³-hybridized carbons (Fsp3) is 0.467. The summed E-state index contributed by atoms with van der Waals surface area (Å²) >= 11 is 0. The Morgan fingerprint density at radius 3 is 2.40 bits per heavy atom. The molecule has 0 spiro atoms. The van der Waals surface area contributed by atoms with E-state index in [9.17, 15) is 24.3 Å². The molecule has 4 aliphatic rings. The second-order valence-electron chi connectivity index (χ2n) is 17.1. The standard InChI is InChI=1S/C45H52N8O7/c1-24(2)36(50-44(56)57)42(54)52-18-4-5-35(52)40-47-33-15-12-29-21-28(11-14-32(29)38(33)49-40)25-6-8-26(9-7-25)34-23-46-41(48-34)39-30-10-13-31(22-30)53(39)43(55)37(51-45(58)59-3)27-16-19-60-20-17-27/h6-9,11-12,14-15,21,23-24,27,30-31,35-37,39,50H,4-5,10,13,16-20,22H2,1-3H3,(H,46,48)(H,47,49)(H,51,58)(H,56,57)/t30-,31+,35-,36-,37-,39-/m0/s1. The topological polar surface area (TPSA) is 195 Å². The molecule has 6 atom stereocenters. The van der Waals surface area contributed by atoms with Crippen LogP contribution in [0.3, 0.4) is 0 Å². The highest BCUT2D eigenvalue weighted by atomic mass is 16.5. The Balaban J connectivity index is 0.925. The molecular formula is C45H52N8O7. The van der Waals surface area contributed by atoms with Crippen molar-refractivity contribution in [1.29, 1.82) is 0 Å². The number of nitrogens with one attached hydrogen (secondary N) is 4. The van der Waals surface area contributed by atoms with Crippen molar-refractivity contribution in [2.45, 2.75) is 89.0 Å². The highest BCUT2D eigenvalue weighted by Gasteiger charge is 2.52. The van der Waals surface area contributed by atoms with Gasteiger partial charge in [-0.25, -0.2) is 19.6 Å². The van der Waals surface area contributed by atoms with Gasteiger partial charge in [-0.15, -0.1) is 0 Å². The lowest BCUT2D eigenvalue weighted by Crippen LogP contribution is -2.55. The van der Waals surface area contributed by atoms with Gasteiger partial charge < -0.3 is 45.0 Å². The molecule has 3 saturated heterocycles. The number of hydrogen-bond donors (Lipinski definition) is 5. The highest BCUT2D eigenvalue weighted by Crippen LogP contribution is 2.50. The van der Waals surface area contributed by atoms with Crippen LogP contribution in [0.1, 0.15) is 82.5 Å². The SMILES string of the molecule is COC(=O)N[C@H](C(=O)N1[C@@H]2CC[C@@H](C2)[C@H]1c1ncc(-c2ccc(-c3ccc4c(ccc5[nH]c([C@@H]6CCCN6C(=O)[C@@H](NC(=O)O)C(C)C)nc54)c3)cc2)[nH]1)C1CCOCC1. The molecule has 0 radical (unpaired) electrons. The monoisotopic (exact) mass is 816 g/mol. The van der Waals surface area contributed by atoms with Crippen LogP contribution in [-0.4, -0.2) is 104 Å². The third kappa shape index (κ3) is 7.33. The van der Waals surface area contributed by atoms with Crippen LogP contribution in [0.2, 0.25) is 0 Å². The van der Waals surface area contributed by atoms with Crippen LogP contribution in [0, 0.1) is 17.8 Å². The molecule has 9 rings (SSSR count). The van der Waals surface area contributed by atoms with Crippen LogP contribution >= 0.6 is 0 Å². The average molecular weight is 817 g/mol. The van der Waals surface area contributed by atoms with Crippen molar-refractivity contribution in [3.05, 3.63) is 72.4 Å². The minimum atomic E-state index is -1.21. The first-order valence-corrected chi connectivity index (χ1v) is 21.2. The predicted molar refractivity (Wildman–Crippen MR) is 224 cm³/mol. The summed E-state index contributed by atoms with van der Waals surface area (Å²) in [7, 11) is 1.32. The third-order valence-electron chi connectivity index (χ3n) is 13.3. The number of hydrogen-bond acceptors (Lipinski definition) is 8. The fourth-order valence-electron chi connectivity index (χ4n) is 10.2. The molecule has 15 nitrogen and oxygen atoms in total. The van der Waals surface area contributed by atoms with Gasteiger partial charge in [0, 0.05) is 31.2 Å². The van der Waals surface area contributed by atoms with E-state index in [2.05, 4.69) is 69.1 Å². The first-order valence-electron chi connectivity index (χ1n) is 21.2. The summed E-state index contributed by atoms with van der Waals surface area (Å²) in [6.07, 6.45) is 5.88. The van der Waals surface area contributed by atoms with Gasteiger partial charge in [-0.1, -0.05) is 56.3 Å². The number of carbonyl (C=O) groups is 4. The molecule has 15 heteroatoms. The average Bonchev–Trinajstić information content (AvgIpc) is 4.12. The fourth-order valence-corrected chi connectivity index (χ4v) is 10.2. The zero-order chi connectivity index (χ0) is 41.7. The number of benzene rings is 3. The summed E-state index contributed by atoms with van der Waals surface area (Å²) in [5.41, 5.74) is 5.68. The van der Waals surface area contributed by atoms with Crippen molar-refractivity contribution in [1.82, 2.24) is 40.4 Å². The summed E-state index contributed by atoms with van der Waals surface area (Å²) in [4.78, 5) is 72.4. The first kappa shape index (κ1) is 39.5.